The molecule has 1 saturated carbocycles. The number of piperazine rings is 1. The summed E-state index contributed by atoms with van der Waals surface area (Å²) in [6.45, 7) is 12.4. The Bertz CT molecular complexity index is 2420. The fourth-order valence-corrected chi connectivity index (χ4v) is 8.93. The molecule has 4 atom stereocenters. The van der Waals surface area contributed by atoms with Crippen LogP contribution in [0.15, 0.2) is 67.0 Å². The Kier molecular flexibility index (Phi) is 12.3. The first-order valence-electron chi connectivity index (χ1n) is 21.6. The van der Waals surface area contributed by atoms with Crippen LogP contribution >= 0.6 is 0 Å². The van der Waals surface area contributed by atoms with E-state index in [1.165, 1.54) is 25.4 Å². The Morgan fingerprint density at radius 1 is 0.938 bits per heavy atom. The first-order chi connectivity index (χ1) is 30.8. The minimum Gasteiger partial charge on any atom is -0.453 e. The number of H-pyrrole nitrogens is 1. The summed E-state index contributed by atoms with van der Waals surface area (Å²) < 4.78 is 62.5. The van der Waals surface area contributed by atoms with Crippen molar-refractivity contribution in [1.29, 1.82) is 0 Å². The Hall–Kier alpha value is -6.21. The molecule has 5 heterocycles. The predicted octanol–water partition coefficient (Wildman–Crippen LogP) is 6.77. The second-order valence-electron chi connectivity index (χ2n) is 18.1. The van der Waals surface area contributed by atoms with Gasteiger partial charge in [0.2, 0.25) is 11.8 Å². The number of alkyl carbamates (subject to hydrolysis) is 1. The Labute approximate surface area is 374 Å². The number of halogens is 3. The van der Waals surface area contributed by atoms with Crippen LogP contribution in [0.25, 0.3) is 22.4 Å². The number of hydrogen-bond donors (Lipinski definition) is 3. The summed E-state index contributed by atoms with van der Waals surface area (Å²) in [4.78, 5) is 70.4. The zero-order chi connectivity index (χ0) is 46.4. The van der Waals surface area contributed by atoms with Gasteiger partial charge in [-0.05, 0) is 60.1 Å². The Morgan fingerprint density at radius 3 is 2.26 bits per heavy atom. The number of amides is 4. The number of ether oxygens (including phenoxy) is 4. The Balaban J connectivity index is 0.949. The molecule has 0 radical (unpaired) electrons. The van der Waals surface area contributed by atoms with Crippen LogP contribution in [-0.4, -0.2) is 119 Å². The molecule has 2 aromatic heterocycles. The monoisotopic (exact) mass is 902 g/mol. The summed E-state index contributed by atoms with van der Waals surface area (Å²) in [6.07, 6.45) is -1.56. The van der Waals surface area contributed by atoms with E-state index in [1.54, 1.807) is 47.5 Å². The molecule has 4 amide bonds. The molecule has 3 aliphatic heterocycles. The van der Waals surface area contributed by atoms with E-state index in [0.29, 0.717) is 61.3 Å². The highest BCUT2D eigenvalue weighted by Crippen LogP contribution is 2.52. The van der Waals surface area contributed by atoms with Gasteiger partial charge in [-0.1, -0.05) is 52.0 Å². The summed E-state index contributed by atoms with van der Waals surface area (Å²) >= 11 is 0. The molecular formula is C46H53F3N8O8. The molecule has 346 valence electrons. The first kappa shape index (κ1) is 45.4. The minimum atomic E-state index is -5.03. The minimum absolute atomic E-state index is 0.00686. The lowest BCUT2D eigenvalue weighted by Crippen LogP contribution is -2.54. The lowest BCUT2D eigenvalue weighted by molar-refractivity contribution is -0.274. The van der Waals surface area contributed by atoms with Gasteiger partial charge >= 0.3 is 12.5 Å². The number of hydrogen-bond acceptors (Lipinski definition) is 11. The van der Waals surface area contributed by atoms with Crippen LogP contribution in [-0.2, 0) is 23.8 Å². The van der Waals surface area contributed by atoms with Gasteiger partial charge in [0.1, 0.15) is 23.4 Å². The highest BCUT2D eigenvalue weighted by atomic mass is 19.4. The van der Waals surface area contributed by atoms with Crippen LogP contribution < -0.4 is 20.3 Å². The van der Waals surface area contributed by atoms with Gasteiger partial charge in [0.25, 0.3) is 5.91 Å². The van der Waals surface area contributed by atoms with Crippen LogP contribution in [0.4, 0.5) is 29.5 Å². The smallest absolute Gasteiger partial charge is 0.453 e. The predicted molar refractivity (Wildman–Crippen MR) is 231 cm³/mol. The number of anilines is 2. The highest BCUT2D eigenvalue weighted by Gasteiger charge is 2.54. The lowest BCUT2D eigenvalue weighted by Gasteiger charge is -2.40. The van der Waals surface area contributed by atoms with Gasteiger partial charge in [-0.2, -0.15) is 0 Å². The Morgan fingerprint density at radius 2 is 1.65 bits per heavy atom. The van der Waals surface area contributed by atoms with Crippen molar-refractivity contribution in [3.05, 3.63) is 78.4 Å². The van der Waals surface area contributed by atoms with Gasteiger partial charge in [0, 0.05) is 61.5 Å². The van der Waals surface area contributed by atoms with Crippen LogP contribution in [0, 0.1) is 17.3 Å². The lowest BCUT2D eigenvalue weighted by atomic mass is 10.0. The molecule has 3 N–H and O–H groups in total. The van der Waals surface area contributed by atoms with E-state index in [2.05, 4.69) is 49.1 Å². The van der Waals surface area contributed by atoms with Crippen molar-refractivity contribution in [2.75, 3.05) is 56.7 Å². The maximum Gasteiger partial charge on any atom is 0.573 e. The molecule has 16 nitrogen and oxygen atoms in total. The number of pyridine rings is 1. The van der Waals surface area contributed by atoms with Crippen molar-refractivity contribution in [3.8, 4) is 28.1 Å². The standard InChI is InChI=1S/C46H53F3N8O8/c1-26(2)38(54-43(61)62-6)42(60)57-25-45(63-17-18-64-45)21-35(57)39-51-23-34(53-39)29-9-7-28(8-10-29)32-13-12-31(19-36(32)65-46(47,48)49)52-40(58)30-11-14-37(50-22-30)56-16-15-55(24-27(56)3)41(59)33-20-44(33,4)5/h7-14,19,22-23,26-27,33,35,38H,15-18,20-21,24-25H2,1-6H3,(H,51,53)(H,52,58)(H,54,61). The van der Waals surface area contributed by atoms with Crippen molar-refractivity contribution >= 4 is 35.3 Å². The number of methoxy groups -OCH3 is 1. The topological polar surface area (TPSA) is 181 Å². The zero-order valence-corrected chi connectivity index (χ0v) is 37.0. The number of carbonyl (C=O) groups is 4. The van der Waals surface area contributed by atoms with E-state index in [1.807, 2.05) is 25.7 Å². The van der Waals surface area contributed by atoms with Crippen molar-refractivity contribution < 1.29 is 51.3 Å². The van der Waals surface area contributed by atoms with Gasteiger partial charge in [0.05, 0.1) is 50.4 Å². The maximum absolute atomic E-state index is 14.0. The molecular weight excluding hydrogens is 850 g/mol. The van der Waals surface area contributed by atoms with Gasteiger partial charge < -0.3 is 49.3 Å². The first-order valence-corrected chi connectivity index (χ1v) is 21.6. The van der Waals surface area contributed by atoms with E-state index in [-0.39, 0.29) is 64.9 Å². The van der Waals surface area contributed by atoms with Gasteiger partial charge in [-0.3, -0.25) is 14.4 Å². The average molecular weight is 903 g/mol. The molecule has 4 aliphatic rings. The van der Waals surface area contributed by atoms with E-state index in [9.17, 15) is 32.3 Å². The fourth-order valence-electron chi connectivity index (χ4n) is 8.93. The molecule has 0 bridgehead atoms. The molecule has 4 aromatic rings. The molecule has 4 fully saturated rings. The number of alkyl halides is 3. The highest BCUT2D eigenvalue weighted by molar-refractivity contribution is 6.04. The number of rotatable bonds is 11. The van der Waals surface area contributed by atoms with Crippen molar-refractivity contribution in [3.63, 3.8) is 0 Å². The van der Waals surface area contributed by atoms with Crippen LogP contribution in [0.5, 0.6) is 5.75 Å². The second kappa shape index (κ2) is 17.6. The molecule has 1 spiro atoms. The molecule has 2 aromatic carbocycles. The third kappa shape index (κ3) is 9.76. The quantitative estimate of drug-likeness (QED) is 0.145. The second-order valence-corrected chi connectivity index (χ2v) is 18.1. The average Bonchev–Trinajstić information content (AvgIpc) is 3.73. The molecule has 1 aliphatic carbocycles. The fraction of sp³-hybridized carbons (Fsp3) is 0.478. The van der Waals surface area contributed by atoms with Crippen molar-refractivity contribution in [2.24, 2.45) is 17.3 Å². The third-order valence-electron chi connectivity index (χ3n) is 12.7. The zero-order valence-electron chi connectivity index (χ0n) is 37.0. The van der Waals surface area contributed by atoms with Gasteiger partial charge in [0.15, 0.2) is 5.79 Å². The normalized spacial score (nSPS) is 21.6. The number of aromatic amines is 1. The summed E-state index contributed by atoms with van der Waals surface area (Å²) in [5.41, 5.74) is 2.10. The maximum atomic E-state index is 14.0. The van der Waals surface area contributed by atoms with Crippen LogP contribution in [0.1, 0.15) is 69.7 Å². The molecule has 8 rings (SSSR count). The van der Waals surface area contributed by atoms with Gasteiger partial charge in [-0.15, -0.1) is 13.2 Å². The van der Waals surface area contributed by atoms with Crippen molar-refractivity contribution in [2.45, 2.75) is 77.7 Å². The number of likely N-dealkylation sites (tertiary alicyclic amines) is 1. The number of benzene rings is 2. The number of carbonyl (C=O) groups excluding carboxylic acids is 4. The summed E-state index contributed by atoms with van der Waals surface area (Å²) in [7, 11) is 1.22. The largest absolute Gasteiger partial charge is 0.573 e. The van der Waals surface area contributed by atoms with Crippen molar-refractivity contribution in [1.82, 2.24) is 30.1 Å². The molecule has 19 heteroatoms. The summed E-state index contributed by atoms with van der Waals surface area (Å²) in [5, 5.41) is 5.29. The molecule has 3 saturated heterocycles. The number of aromatic nitrogens is 3. The SMILES string of the molecule is COC(=O)NC(C(=O)N1CC2(CC1c1ncc(-c3ccc(-c4ccc(NC(=O)c5ccc(N6CCN(C(=O)C7CC7(C)C)CC6C)nc5)cc4OC(F)(F)F)cc3)[nH]1)OCCO2)C(C)C. The van der Waals surface area contributed by atoms with E-state index in [4.69, 9.17) is 14.2 Å². The molecule has 4 unspecified atom stereocenters. The van der Waals surface area contributed by atoms with Crippen LogP contribution in [0.2, 0.25) is 0 Å². The molecule has 65 heavy (non-hydrogen) atoms. The van der Waals surface area contributed by atoms with E-state index in [0.717, 1.165) is 12.5 Å². The number of nitrogens with zero attached hydrogens (tertiary/aromatic N) is 5. The van der Waals surface area contributed by atoms with E-state index < -0.39 is 42.0 Å². The summed E-state index contributed by atoms with van der Waals surface area (Å²) in [6, 6.07) is 12.6. The van der Waals surface area contributed by atoms with E-state index >= 15 is 0 Å². The number of imidazole rings is 1. The van der Waals surface area contributed by atoms with Crippen LogP contribution in [0.3, 0.4) is 0 Å². The number of nitrogens with one attached hydrogen (secondary N) is 3. The summed E-state index contributed by atoms with van der Waals surface area (Å²) in [5.74, 6) is -1.39. The third-order valence-corrected chi connectivity index (χ3v) is 12.7. The van der Waals surface area contributed by atoms with Gasteiger partial charge in [-0.25, -0.2) is 14.8 Å².